The molecule has 11 heteroatoms. The molecular formula is C16H22Cl2N4O4S. The molecule has 2 aromatic rings. The summed E-state index contributed by atoms with van der Waals surface area (Å²) in [6.45, 7) is 1.92. The van der Waals surface area contributed by atoms with Gasteiger partial charge in [-0.15, -0.1) is 24.8 Å². The van der Waals surface area contributed by atoms with Gasteiger partial charge in [0, 0.05) is 25.0 Å². The number of anilines is 1. The third-order valence-electron chi connectivity index (χ3n) is 3.16. The Bertz CT molecular complexity index is 822. The highest BCUT2D eigenvalue weighted by Gasteiger charge is 2.17. The van der Waals surface area contributed by atoms with Crippen molar-refractivity contribution in [3.05, 3.63) is 48.8 Å². The Morgan fingerprint density at radius 2 is 2.00 bits per heavy atom. The summed E-state index contributed by atoms with van der Waals surface area (Å²) in [5, 5.41) is 2.63. The van der Waals surface area contributed by atoms with Gasteiger partial charge in [0.2, 0.25) is 10.0 Å². The molecule has 1 atom stereocenters. The molecule has 0 radical (unpaired) electrons. The van der Waals surface area contributed by atoms with E-state index in [9.17, 15) is 13.2 Å². The van der Waals surface area contributed by atoms with Crippen LogP contribution in [0.25, 0.3) is 0 Å². The summed E-state index contributed by atoms with van der Waals surface area (Å²) < 4.78 is 32.0. The number of nitrogens with zero attached hydrogens (tertiary/aromatic N) is 1. The predicted molar refractivity (Wildman–Crippen MR) is 108 cm³/mol. The fraction of sp³-hybridized carbons (Fsp3) is 0.250. The first kappa shape index (κ1) is 25.1. The number of carbonyl (C=O) groups is 1. The number of hydrogen-bond donors (Lipinski definition) is 3. The molecule has 1 heterocycles. The lowest BCUT2D eigenvalue weighted by atomic mass is 10.3. The summed E-state index contributed by atoms with van der Waals surface area (Å²) in [5.74, 6) is 0.0563. The molecule has 0 aliphatic rings. The number of pyridine rings is 1. The highest BCUT2D eigenvalue weighted by Crippen LogP contribution is 2.16. The van der Waals surface area contributed by atoms with E-state index in [1.54, 1.807) is 37.4 Å². The number of nitrogens with one attached hydrogen (secondary N) is 2. The first-order chi connectivity index (χ1) is 11.9. The molecule has 1 unspecified atom stereocenters. The van der Waals surface area contributed by atoms with Crippen molar-refractivity contribution in [2.45, 2.75) is 17.9 Å². The average Bonchev–Trinajstić information content (AvgIpc) is 2.61. The molecule has 0 bridgehead atoms. The van der Waals surface area contributed by atoms with Crippen molar-refractivity contribution in [3.63, 3.8) is 0 Å². The van der Waals surface area contributed by atoms with Gasteiger partial charge in [0.1, 0.15) is 5.75 Å². The Hall–Kier alpha value is -1.91. The minimum atomic E-state index is -3.67. The molecule has 27 heavy (non-hydrogen) atoms. The smallest absolute Gasteiger partial charge is 0.265 e. The molecule has 0 saturated heterocycles. The van der Waals surface area contributed by atoms with E-state index >= 15 is 0 Å². The molecule has 0 aliphatic carbocycles. The quantitative estimate of drug-likeness (QED) is 0.576. The SMILES string of the molecule is CC(Oc1cccnc1)C(=O)Nc1cccc(S(=O)(=O)NCCN)c1.Cl.Cl. The summed E-state index contributed by atoms with van der Waals surface area (Å²) in [6.07, 6.45) is 2.32. The maximum atomic E-state index is 12.2. The van der Waals surface area contributed by atoms with Crippen molar-refractivity contribution in [3.8, 4) is 5.75 Å². The molecule has 8 nitrogen and oxygen atoms in total. The predicted octanol–water partition coefficient (Wildman–Crippen LogP) is 1.57. The first-order valence-electron chi connectivity index (χ1n) is 7.60. The van der Waals surface area contributed by atoms with E-state index in [1.165, 1.54) is 18.3 Å². The van der Waals surface area contributed by atoms with Gasteiger partial charge in [-0.2, -0.15) is 0 Å². The van der Waals surface area contributed by atoms with E-state index in [1.807, 2.05) is 0 Å². The number of benzene rings is 1. The molecule has 0 fully saturated rings. The molecule has 1 aromatic carbocycles. The number of amides is 1. The van der Waals surface area contributed by atoms with E-state index in [2.05, 4.69) is 15.0 Å². The Morgan fingerprint density at radius 1 is 1.26 bits per heavy atom. The van der Waals surface area contributed by atoms with E-state index < -0.39 is 22.0 Å². The molecular weight excluding hydrogens is 415 g/mol. The Labute approximate surface area is 170 Å². The van der Waals surface area contributed by atoms with Crippen LogP contribution in [0.2, 0.25) is 0 Å². The van der Waals surface area contributed by atoms with Crippen LogP contribution in [0.3, 0.4) is 0 Å². The summed E-state index contributed by atoms with van der Waals surface area (Å²) in [6, 6.07) is 9.32. The Kier molecular flexibility index (Phi) is 10.9. The first-order valence-corrected chi connectivity index (χ1v) is 9.08. The summed E-state index contributed by atoms with van der Waals surface area (Å²) >= 11 is 0. The third-order valence-corrected chi connectivity index (χ3v) is 4.62. The monoisotopic (exact) mass is 436 g/mol. The topological polar surface area (TPSA) is 123 Å². The maximum Gasteiger partial charge on any atom is 0.265 e. The van der Waals surface area contributed by atoms with E-state index in [-0.39, 0.29) is 42.8 Å². The van der Waals surface area contributed by atoms with Gasteiger partial charge < -0.3 is 15.8 Å². The third kappa shape index (κ3) is 7.69. The van der Waals surface area contributed by atoms with Gasteiger partial charge in [0.15, 0.2) is 6.10 Å². The van der Waals surface area contributed by atoms with Crippen molar-refractivity contribution in [1.82, 2.24) is 9.71 Å². The van der Waals surface area contributed by atoms with E-state index in [0.717, 1.165) is 0 Å². The number of rotatable bonds is 8. The van der Waals surface area contributed by atoms with Crippen LogP contribution in [0.1, 0.15) is 6.92 Å². The van der Waals surface area contributed by atoms with Gasteiger partial charge in [-0.3, -0.25) is 9.78 Å². The standard InChI is InChI=1S/C16H20N4O4S.2ClH/c1-12(24-14-5-3-8-18-11-14)16(21)20-13-4-2-6-15(10-13)25(22,23)19-9-7-17;;/h2-6,8,10-12,19H,7,9,17H2,1H3,(H,20,21);2*1H. The maximum absolute atomic E-state index is 12.2. The van der Waals surface area contributed by atoms with Gasteiger partial charge in [-0.25, -0.2) is 13.1 Å². The van der Waals surface area contributed by atoms with E-state index in [0.29, 0.717) is 11.4 Å². The van der Waals surface area contributed by atoms with Crippen LogP contribution >= 0.6 is 24.8 Å². The lowest BCUT2D eigenvalue weighted by Crippen LogP contribution is -2.31. The van der Waals surface area contributed by atoms with Crippen LogP contribution in [0, 0.1) is 0 Å². The van der Waals surface area contributed by atoms with Crippen LogP contribution in [0.4, 0.5) is 5.69 Å². The van der Waals surface area contributed by atoms with Gasteiger partial charge in [0.05, 0.1) is 11.1 Å². The lowest BCUT2D eigenvalue weighted by molar-refractivity contribution is -0.122. The second kappa shape index (κ2) is 11.7. The summed E-state index contributed by atoms with van der Waals surface area (Å²) in [4.78, 5) is 16.2. The minimum absolute atomic E-state index is 0. The summed E-state index contributed by atoms with van der Waals surface area (Å²) in [7, 11) is -3.67. The number of aromatic nitrogens is 1. The van der Waals surface area contributed by atoms with Crippen molar-refractivity contribution in [2.24, 2.45) is 5.73 Å². The van der Waals surface area contributed by atoms with Gasteiger partial charge in [-0.05, 0) is 37.3 Å². The molecule has 0 saturated carbocycles. The van der Waals surface area contributed by atoms with Crippen LogP contribution < -0.4 is 20.5 Å². The summed E-state index contributed by atoms with van der Waals surface area (Å²) in [5.41, 5.74) is 5.65. The average molecular weight is 437 g/mol. The zero-order chi connectivity index (χ0) is 18.3. The zero-order valence-electron chi connectivity index (χ0n) is 14.5. The molecule has 4 N–H and O–H groups in total. The number of ether oxygens (including phenoxy) is 1. The van der Waals surface area contributed by atoms with E-state index in [4.69, 9.17) is 10.5 Å². The molecule has 2 rings (SSSR count). The van der Waals surface area contributed by atoms with Crippen LogP contribution in [-0.2, 0) is 14.8 Å². The van der Waals surface area contributed by atoms with Crippen LogP contribution in [-0.4, -0.2) is 38.5 Å². The second-order valence-corrected chi connectivity index (χ2v) is 6.92. The fourth-order valence-corrected chi connectivity index (χ4v) is 3.03. The second-order valence-electron chi connectivity index (χ2n) is 5.15. The molecule has 1 aromatic heterocycles. The van der Waals surface area contributed by atoms with Gasteiger partial charge >= 0.3 is 0 Å². The molecule has 0 spiro atoms. The Morgan fingerprint density at radius 3 is 2.63 bits per heavy atom. The normalized spacial score (nSPS) is 11.5. The lowest BCUT2D eigenvalue weighted by Gasteiger charge is -2.15. The van der Waals surface area contributed by atoms with Crippen molar-refractivity contribution >= 4 is 46.4 Å². The molecule has 0 aliphatic heterocycles. The molecule has 150 valence electrons. The van der Waals surface area contributed by atoms with Crippen molar-refractivity contribution in [1.29, 1.82) is 0 Å². The van der Waals surface area contributed by atoms with Crippen LogP contribution in [0.15, 0.2) is 53.7 Å². The van der Waals surface area contributed by atoms with Gasteiger partial charge in [0.25, 0.3) is 5.91 Å². The number of sulfonamides is 1. The Balaban J connectivity index is 0.00000338. The van der Waals surface area contributed by atoms with Crippen molar-refractivity contribution < 1.29 is 17.9 Å². The number of hydrogen-bond acceptors (Lipinski definition) is 6. The van der Waals surface area contributed by atoms with Crippen molar-refractivity contribution in [2.75, 3.05) is 18.4 Å². The highest BCUT2D eigenvalue weighted by atomic mass is 35.5. The number of nitrogens with two attached hydrogens (primary N) is 1. The number of carbonyl (C=O) groups excluding carboxylic acids is 1. The molecule has 1 amide bonds. The largest absolute Gasteiger partial charge is 0.479 e. The van der Waals surface area contributed by atoms with Crippen LogP contribution in [0.5, 0.6) is 5.75 Å². The number of halogens is 2. The minimum Gasteiger partial charge on any atom is -0.479 e. The fourth-order valence-electron chi connectivity index (χ4n) is 1.94. The van der Waals surface area contributed by atoms with Gasteiger partial charge in [-0.1, -0.05) is 6.07 Å². The zero-order valence-corrected chi connectivity index (χ0v) is 16.9. The highest BCUT2D eigenvalue weighted by molar-refractivity contribution is 7.89.